The van der Waals surface area contributed by atoms with E-state index in [-0.39, 0.29) is 12.5 Å². The van der Waals surface area contributed by atoms with E-state index in [0.29, 0.717) is 18.7 Å². The van der Waals surface area contributed by atoms with Gasteiger partial charge < -0.3 is 10.0 Å². The van der Waals surface area contributed by atoms with Gasteiger partial charge in [-0.15, -0.1) is 0 Å². The molecule has 1 amide bonds. The van der Waals surface area contributed by atoms with Crippen LogP contribution in [0.4, 0.5) is 0 Å². The summed E-state index contributed by atoms with van der Waals surface area (Å²) in [6.45, 7) is 3.41. The van der Waals surface area contributed by atoms with E-state index in [1.54, 1.807) is 23.2 Å². The average Bonchev–Trinajstić information content (AvgIpc) is 2.93. The molecule has 5 nitrogen and oxygen atoms in total. The molecule has 2 aromatic rings. The molecule has 0 saturated carbocycles. The van der Waals surface area contributed by atoms with Crippen molar-refractivity contribution in [1.82, 2.24) is 14.7 Å². The van der Waals surface area contributed by atoms with Crippen LogP contribution < -0.4 is 0 Å². The Labute approximate surface area is 132 Å². The van der Waals surface area contributed by atoms with Gasteiger partial charge >= 0.3 is 0 Å². The summed E-state index contributed by atoms with van der Waals surface area (Å²) in [5, 5.41) is 13.4. The van der Waals surface area contributed by atoms with Crippen LogP contribution in [0.3, 0.4) is 0 Å². The maximum Gasteiger partial charge on any atom is 0.254 e. The second-order valence-electron chi connectivity index (χ2n) is 4.60. The Morgan fingerprint density at radius 1 is 1.43 bits per heavy atom. The van der Waals surface area contributed by atoms with Crippen molar-refractivity contribution >= 4 is 21.8 Å². The zero-order chi connectivity index (χ0) is 15.2. The minimum atomic E-state index is -0.103. The van der Waals surface area contributed by atoms with Crippen LogP contribution >= 0.6 is 15.9 Å². The lowest BCUT2D eigenvalue weighted by atomic mass is 10.2. The highest BCUT2D eigenvalue weighted by Gasteiger charge is 2.17. The van der Waals surface area contributed by atoms with Gasteiger partial charge in [0.1, 0.15) is 0 Å². The van der Waals surface area contributed by atoms with Gasteiger partial charge in [-0.25, -0.2) is 0 Å². The maximum absolute atomic E-state index is 12.6. The first-order valence-corrected chi connectivity index (χ1v) is 7.61. The number of hydrogen-bond acceptors (Lipinski definition) is 3. The van der Waals surface area contributed by atoms with Crippen LogP contribution in [0, 0.1) is 0 Å². The van der Waals surface area contributed by atoms with Crippen molar-refractivity contribution < 1.29 is 9.90 Å². The number of aromatic nitrogens is 2. The highest BCUT2D eigenvalue weighted by Crippen LogP contribution is 2.15. The molecule has 0 aliphatic carbocycles. The molecule has 6 heteroatoms. The van der Waals surface area contributed by atoms with Gasteiger partial charge in [-0.3, -0.25) is 9.48 Å². The van der Waals surface area contributed by atoms with E-state index in [1.165, 1.54) is 0 Å². The summed E-state index contributed by atoms with van der Waals surface area (Å²) in [4.78, 5) is 14.2. The molecule has 0 unspecified atom stereocenters. The third kappa shape index (κ3) is 3.92. The summed E-state index contributed by atoms with van der Waals surface area (Å²) >= 11 is 3.37. The van der Waals surface area contributed by atoms with Crippen molar-refractivity contribution in [2.75, 3.05) is 13.2 Å². The number of aliphatic hydroxyl groups excluding tert-OH is 1. The lowest BCUT2D eigenvalue weighted by Gasteiger charge is -2.22. The quantitative estimate of drug-likeness (QED) is 0.868. The number of rotatable bonds is 6. The Kier molecular flexibility index (Phi) is 5.52. The van der Waals surface area contributed by atoms with Crippen LogP contribution in [0.15, 0.2) is 41.0 Å². The maximum atomic E-state index is 12.6. The van der Waals surface area contributed by atoms with E-state index in [0.717, 1.165) is 16.7 Å². The second-order valence-corrected chi connectivity index (χ2v) is 5.51. The lowest BCUT2D eigenvalue weighted by Crippen LogP contribution is -2.33. The number of nitrogens with zero attached hydrogens (tertiary/aromatic N) is 3. The Morgan fingerprint density at radius 2 is 2.24 bits per heavy atom. The van der Waals surface area contributed by atoms with Crippen molar-refractivity contribution in [2.24, 2.45) is 0 Å². The van der Waals surface area contributed by atoms with Gasteiger partial charge in [0.05, 0.1) is 18.8 Å². The summed E-state index contributed by atoms with van der Waals surface area (Å²) < 4.78 is 2.70. The monoisotopic (exact) mass is 351 g/mol. The fourth-order valence-electron chi connectivity index (χ4n) is 2.15. The van der Waals surface area contributed by atoms with Crippen molar-refractivity contribution in [3.8, 4) is 0 Å². The molecular weight excluding hydrogens is 334 g/mol. The van der Waals surface area contributed by atoms with E-state index in [2.05, 4.69) is 21.0 Å². The largest absolute Gasteiger partial charge is 0.395 e. The van der Waals surface area contributed by atoms with Gasteiger partial charge in [0.2, 0.25) is 0 Å². The first-order chi connectivity index (χ1) is 10.2. The molecule has 0 fully saturated rings. The van der Waals surface area contributed by atoms with Crippen molar-refractivity contribution in [3.63, 3.8) is 0 Å². The number of carbonyl (C=O) groups excluding carboxylic acids is 1. The Hall–Kier alpha value is -1.66. The molecule has 112 valence electrons. The Bertz CT molecular complexity index is 612. The third-order valence-electron chi connectivity index (χ3n) is 3.19. The molecule has 0 aliphatic heterocycles. The smallest absolute Gasteiger partial charge is 0.254 e. The zero-order valence-corrected chi connectivity index (χ0v) is 13.5. The first kappa shape index (κ1) is 15.7. The van der Waals surface area contributed by atoms with Crippen LogP contribution in [-0.4, -0.2) is 38.8 Å². The highest BCUT2D eigenvalue weighted by atomic mass is 79.9. The molecule has 1 aromatic carbocycles. The van der Waals surface area contributed by atoms with Gasteiger partial charge in [-0.1, -0.05) is 22.0 Å². The van der Waals surface area contributed by atoms with E-state index in [1.807, 2.05) is 29.8 Å². The number of aliphatic hydroxyl groups is 1. The summed E-state index contributed by atoms with van der Waals surface area (Å²) in [7, 11) is 0. The topological polar surface area (TPSA) is 58.4 Å². The molecule has 2 rings (SSSR count). The fourth-order valence-corrected chi connectivity index (χ4v) is 2.55. The van der Waals surface area contributed by atoms with Crippen molar-refractivity contribution in [1.29, 1.82) is 0 Å². The van der Waals surface area contributed by atoms with E-state index >= 15 is 0 Å². The van der Waals surface area contributed by atoms with Gasteiger partial charge in [0, 0.05) is 29.3 Å². The number of hydrogen-bond donors (Lipinski definition) is 1. The minimum Gasteiger partial charge on any atom is -0.395 e. The predicted octanol–water partition coefficient (Wildman–Crippen LogP) is 2.30. The molecule has 0 radical (unpaired) electrons. The van der Waals surface area contributed by atoms with Crippen LogP contribution in [0.2, 0.25) is 0 Å². The minimum absolute atomic E-state index is 0.0694. The standard InChI is InChI=1S/C15H18BrN3O2/c1-2-19-14(6-7-17-19)11-18(8-9-20)15(21)12-4-3-5-13(16)10-12/h3-7,10,20H,2,8-9,11H2,1H3. The first-order valence-electron chi connectivity index (χ1n) is 6.82. The van der Waals surface area contributed by atoms with Crippen molar-refractivity contribution in [3.05, 3.63) is 52.3 Å². The van der Waals surface area contributed by atoms with E-state index in [4.69, 9.17) is 0 Å². The number of carbonyl (C=O) groups is 1. The number of benzene rings is 1. The molecule has 0 bridgehead atoms. The van der Waals surface area contributed by atoms with Crippen molar-refractivity contribution in [2.45, 2.75) is 20.0 Å². The Morgan fingerprint density at radius 3 is 2.90 bits per heavy atom. The fraction of sp³-hybridized carbons (Fsp3) is 0.333. The summed E-state index contributed by atoms with van der Waals surface area (Å²) in [5.41, 5.74) is 1.55. The number of amides is 1. The van der Waals surface area contributed by atoms with Gasteiger partial charge in [0.15, 0.2) is 0 Å². The van der Waals surface area contributed by atoms with E-state index < -0.39 is 0 Å². The SMILES string of the molecule is CCn1nccc1CN(CCO)C(=O)c1cccc(Br)c1. The molecule has 0 atom stereocenters. The molecule has 0 saturated heterocycles. The van der Waals surface area contributed by atoms with Gasteiger partial charge in [0.25, 0.3) is 5.91 Å². The number of halogens is 1. The second kappa shape index (κ2) is 7.38. The number of aryl methyl sites for hydroxylation is 1. The summed E-state index contributed by atoms with van der Waals surface area (Å²) in [6.07, 6.45) is 1.72. The summed E-state index contributed by atoms with van der Waals surface area (Å²) in [5.74, 6) is -0.103. The normalized spacial score (nSPS) is 10.6. The van der Waals surface area contributed by atoms with Crippen LogP contribution in [0.25, 0.3) is 0 Å². The molecule has 21 heavy (non-hydrogen) atoms. The predicted molar refractivity (Wildman–Crippen MR) is 83.9 cm³/mol. The van der Waals surface area contributed by atoms with E-state index in [9.17, 15) is 9.90 Å². The lowest BCUT2D eigenvalue weighted by molar-refractivity contribution is 0.0703. The molecule has 0 aliphatic rings. The molecular formula is C15H18BrN3O2. The van der Waals surface area contributed by atoms with Crippen LogP contribution in [0.5, 0.6) is 0 Å². The molecule has 1 N–H and O–H groups in total. The molecule has 1 heterocycles. The average molecular weight is 352 g/mol. The highest BCUT2D eigenvalue weighted by molar-refractivity contribution is 9.10. The van der Waals surface area contributed by atoms with Crippen LogP contribution in [-0.2, 0) is 13.1 Å². The molecule has 1 aromatic heterocycles. The zero-order valence-electron chi connectivity index (χ0n) is 11.9. The Balaban J connectivity index is 2.20. The molecule has 0 spiro atoms. The third-order valence-corrected chi connectivity index (χ3v) is 3.68. The summed E-state index contributed by atoms with van der Waals surface area (Å²) in [6, 6.07) is 9.14. The van der Waals surface area contributed by atoms with Crippen LogP contribution in [0.1, 0.15) is 23.0 Å². The van der Waals surface area contributed by atoms with Gasteiger partial charge in [-0.2, -0.15) is 5.10 Å². The van der Waals surface area contributed by atoms with Gasteiger partial charge in [-0.05, 0) is 31.2 Å².